The van der Waals surface area contributed by atoms with Crippen LogP contribution in [0.4, 0.5) is 0 Å². The lowest BCUT2D eigenvalue weighted by Gasteiger charge is -2.33. The van der Waals surface area contributed by atoms with Crippen LogP contribution in [0.1, 0.15) is 20.8 Å². The Morgan fingerprint density at radius 1 is 1.40 bits per heavy atom. The maximum absolute atomic E-state index is 5.04. The van der Waals surface area contributed by atoms with Gasteiger partial charge >= 0.3 is 0 Å². The third-order valence-corrected chi connectivity index (χ3v) is 2.00. The molecule has 0 saturated carbocycles. The Labute approximate surface area is 68.6 Å². The van der Waals surface area contributed by atoms with Gasteiger partial charge in [0.1, 0.15) is 0 Å². The average Bonchev–Trinajstić information content (AvgIpc) is 1.83. The van der Waals surface area contributed by atoms with Gasteiger partial charge in [0.2, 0.25) is 0 Å². The van der Waals surface area contributed by atoms with Gasteiger partial charge in [-0.15, -0.1) is 0 Å². The molecule has 3 heteroatoms. The first kappa shape index (κ1) is 9.69. The molecule has 0 fully saturated rings. The Morgan fingerprint density at radius 3 is 1.90 bits per heavy atom. The van der Waals surface area contributed by atoms with Gasteiger partial charge in [0.05, 0.1) is 0 Å². The zero-order chi connectivity index (χ0) is 8.36. The molecule has 60 valence electrons. The first-order chi connectivity index (χ1) is 4.39. The first-order valence-corrected chi connectivity index (χ1v) is 3.76. The fraction of sp³-hybridized carbons (Fsp3) is 0.857. The van der Waals surface area contributed by atoms with Gasteiger partial charge in [0, 0.05) is 19.6 Å². The number of hydrogen-bond donors (Lipinski definition) is 1. The molecule has 1 N–H and O–H groups in total. The van der Waals surface area contributed by atoms with Crippen LogP contribution in [0.2, 0.25) is 0 Å². The van der Waals surface area contributed by atoms with E-state index in [2.05, 4.69) is 26.1 Å². The topological polar surface area (TPSA) is 15.3 Å². The van der Waals surface area contributed by atoms with E-state index in [0.29, 0.717) is 0 Å². The van der Waals surface area contributed by atoms with Crippen LogP contribution in [0.3, 0.4) is 0 Å². The second-order valence-corrected chi connectivity index (χ2v) is 3.67. The van der Waals surface area contributed by atoms with Crippen molar-refractivity contribution in [2.75, 3.05) is 14.1 Å². The summed E-state index contributed by atoms with van der Waals surface area (Å²) in [4.78, 5) is 2.03. The van der Waals surface area contributed by atoms with E-state index in [9.17, 15) is 0 Å². The van der Waals surface area contributed by atoms with Crippen LogP contribution in [-0.2, 0) is 0 Å². The molecule has 0 aliphatic carbocycles. The van der Waals surface area contributed by atoms with E-state index in [1.807, 2.05) is 19.0 Å². The zero-order valence-corrected chi connectivity index (χ0v) is 8.17. The van der Waals surface area contributed by atoms with Gasteiger partial charge in [0.25, 0.3) is 0 Å². The minimum absolute atomic E-state index is 0.111. The number of rotatable bonds is 0. The van der Waals surface area contributed by atoms with Gasteiger partial charge in [-0.1, -0.05) is 0 Å². The Bertz CT molecular complexity index is 126. The van der Waals surface area contributed by atoms with E-state index in [-0.39, 0.29) is 5.54 Å². The molecule has 0 saturated heterocycles. The predicted molar refractivity (Wildman–Crippen MR) is 49.2 cm³/mol. The lowest BCUT2D eigenvalue weighted by Crippen LogP contribution is -2.46. The predicted octanol–water partition coefficient (Wildman–Crippen LogP) is 1.22. The molecule has 0 radical (unpaired) electrons. The molecule has 0 amide bonds. The summed E-state index contributed by atoms with van der Waals surface area (Å²) in [6.07, 6.45) is 0. The van der Waals surface area contributed by atoms with Crippen LogP contribution < -0.4 is 5.32 Å². The van der Waals surface area contributed by atoms with Crippen LogP contribution in [0.5, 0.6) is 0 Å². The lowest BCUT2D eigenvalue weighted by molar-refractivity contribution is 0.280. The zero-order valence-electron chi connectivity index (χ0n) is 7.36. The van der Waals surface area contributed by atoms with Crippen molar-refractivity contribution in [3.63, 3.8) is 0 Å². The number of nitrogens with one attached hydrogen (secondary N) is 1. The highest BCUT2D eigenvalue weighted by Crippen LogP contribution is 2.09. The van der Waals surface area contributed by atoms with Crippen molar-refractivity contribution in [3.05, 3.63) is 0 Å². The summed E-state index contributed by atoms with van der Waals surface area (Å²) < 4.78 is 0. The second kappa shape index (κ2) is 3.19. The molecule has 0 aromatic carbocycles. The van der Waals surface area contributed by atoms with Gasteiger partial charge in [-0.2, -0.15) is 0 Å². The Morgan fingerprint density at radius 2 is 1.80 bits per heavy atom. The van der Waals surface area contributed by atoms with Gasteiger partial charge in [-0.05, 0) is 33.0 Å². The van der Waals surface area contributed by atoms with Crippen LogP contribution in [0, 0.1) is 0 Å². The molecule has 0 aromatic heterocycles. The molecule has 0 aliphatic rings. The van der Waals surface area contributed by atoms with Gasteiger partial charge < -0.3 is 10.2 Å². The number of hydrogen-bond acceptors (Lipinski definition) is 1. The highest BCUT2D eigenvalue weighted by atomic mass is 32.1. The summed E-state index contributed by atoms with van der Waals surface area (Å²) in [6.45, 7) is 6.36. The van der Waals surface area contributed by atoms with Crippen LogP contribution >= 0.6 is 12.2 Å². The van der Waals surface area contributed by atoms with E-state index in [1.165, 1.54) is 0 Å². The van der Waals surface area contributed by atoms with E-state index in [0.717, 1.165) is 5.11 Å². The van der Waals surface area contributed by atoms with Crippen molar-refractivity contribution in [2.24, 2.45) is 0 Å². The molecule has 0 bridgehead atoms. The Hall–Kier alpha value is -0.310. The number of nitrogens with zero attached hydrogens (tertiary/aromatic N) is 1. The van der Waals surface area contributed by atoms with Crippen LogP contribution in [0.15, 0.2) is 0 Å². The van der Waals surface area contributed by atoms with Crippen LogP contribution in [0.25, 0.3) is 0 Å². The summed E-state index contributed by atoms with van der Waals surface area (Å²) in [5, 5.41) is 3.71. The van der Waals surface area contributed by atoms with Crippen molar-refractivity contribution in [2.45, 2.75) is 26.3 Å². The molecule has 0 aliphatic heterocycles. The summed E-state index contributed by atoms with van der Waals surface area (Å²) in [6, 6.07) is 0. The molecule has 0 heterocycles. The average molecular weight is 160 g/mol. The normalized spacial score (nSPS) is 10.9. The molecule has 0 spiro atoms. The molecule has 10 heavy (non-hydrogen) atoms. The third kappa shape index (κ3) is 2.52. The Kier molecular flexibility index (Phi) is 3.09. The molecule has 0 rings (SSSR count). The minimum atomic E-state index is 0.111. The van der Waals surface area contributed by atoms with Crippen LogP contribution in [-0.4, -0.2) is 29.6 Å². The lowest BCUT2D eigenvalue weighted by atomic mass is 10.1. The Balaban J connectivity index is 4.08. The van der Waals surface area contributed by atoms with E-state index in [4.69, 9.17) is 12.2 Å². The molecular formula is C7H16N2S. The van der Waals surface area contributed by atoms with Crippen molar-refractivity contribution in [3.8, 4) is 0 Å². The molecular weight excluding hydrogens is 144 g/mol. The quantitative estimate of drug-likeness (QED) is 0.536. The standard InChI is InChI=1S/C7H16N2S/c1-7(2,3)9(5)6(10)8-4/h1-5H3,(H,8,10). The van der Waals surface area contributed by atoms with Crippen molar-refractivity contribution < 1.29 is 0 Å². The third-order valence-electron chi connectivity index (χ3n) is 1.52. The monoisotopic (exact) mass is 160 g/mol. The van der Waals surface area contributed by atoms with Gasteiger partial charge in [-0.25, -0.2) is 0 Å². The number of thiocarbonyl (C=S) groups is 1. The molecule has 0 unspecified atom stereocenters. The molecule has 0 aromatic rings. The summed E-state index contributed by atoms with van der Waals surface area (Å²) in [5.41, 5.74) is 0.111. The van der Waals surface area contributed by atoms with Gasteiger partial charge in [-0.3, -0.25) is 0 Å². The van der Waals surface area contributed by atoms with Gasteiger partial charge in [0.15, 0.2) is 5.11 Å². The largest absolute Gasteiger partial charge is 0.366 e. The maximum atomic E-state index is 5.04. The highest BCUT2D eigenvalue weighted by Gasteiger charge is 2.17. The first-order valence-electron chi connectivity index (χ1n) is 3.35. The molecule has 2 nitrogen and oxygen atoms in total. The SMILES string of the molecule is CNC(=S)N(C)C(C)(C)C. The van der Waals surface area contributed by atoms with E-state index < -0.39 is 0 Å². The van der Waals surface area contributed by atoms with Crippen molar-refractivity contribution in [1.82, 2.24) is 10.2 Å². The van der Waals surface area contributed by atoms with E-state index in [1.54, 1.807) is 0 Å². The van der Waals surface area contributed by atoms with Crippen molar-refractivity contribution in [1.29, 1.82) is 0 Å². The highest BCUT2D eigenvalue weighted by molar-refractivity contribution is 7.80. The summed E-state index contributed by atoms with van der Waals surface area (Å²) in [7, 11) is 3.82. The summed E-state index contributed by atoms with van der Waals surface area (Å²) in [5.74, 6) is 0. The molecule has 0 atom stereocenters. The fourth-order valence-electron chi connectivity index (χ4n) is 0.472. The second-order valence-electron chi connectivity index (χ2n) is 3.28. The fourth-order valence-corrected chi connectivity index (χ4v) is 0.746. The van der Waals surface area contributed by atoms with Crippen molar-refractivity contribution >= 4 is 17.3 Å². The summed E-state index contributed by atoms with van der Waals surface area (Å²) >= 11 is 5.04. The van der Waals surface area contributed by atoms with E-state index >= 15 is 0 Å². The minimum Gasteiger partial charge on any atom is -0.366 e. The smallest absolute Gasteiger partial charge is 0.168 e. The maximum Gasteiger partial charge on any atom is 0.168 e.